The third-order valence-electron chi connectivity index (χ3n) is 3.15. The predicted octanol–water partition coefficient (Wildman–Crippen LogP) is 0.642. The molecule has 0 amide bonds. The summed E-state index contributed by atoms with van der Waals surface area (Å²) in [6, 6.07) is 0. The first-order valence-corrected chi connectivity index (χ1v) is 7.67. The summed E-state index contributed by atoms with van der Waals surface area (Å²) < 4.78 is 27.9. The summed E-state index contributed by atoms with van der Waals surface area (Å²) >= 11 is 0. The molecule has 2 rings (SSSR count). The van der Waals surface area contributed by atoms with Crippen LogP contribution >= 0.6 is 0 Å². The van der Waals surface area contributed by atoms with Crippen molar-refractivity contribution in [3.05, 3.63) is 11.7 Å². The minimum absolute atomic E-state index is 0.254. The molecule has 1 N–H and O–H groups in total. The smallest absolute Gasteiger partial charge is 0.229 e. The Morgan fingerprint density at radius 2 is 2.06 bits per heavy atom. The quantitative estimate of drug-likeness (QED) is 0.857. The Balaban J connectivity index is 2.15. The number of nitrogens with one attached hydrogen (secondary N) is 1. The molecule has 7 heteroatoms. The molecule has 0 aliphatic carbocycles. The summed E-state index contributed by atoms with van der Waals surface area (Å²) in [5.74, 6) is 1.09. The summed E-state index contributed by atoms with van der Waals surface area (Å²) in [6.07, 6.45) is 3.09. The normalized spacial score (nSPS) is 20.4. The second-order valence-electron chi connectivity index (χ2n) is 4.49. The van der Waals surface area contributed by atoms with Gasteiger partial charge in [0, 0.05) is 12.2 Å². The van der Waals surface area contributed by atoms with Gasteiger partial charge in [-0.15, -0.1) is 0 Å². The van der Waals surface area contributed by atoms with E-state index in [4.69, 9.17) is 4.52 Å². The van der Waals surface area contributed by atoms with Gasteiger partial charge in [0.25, 0.3) is 0 Å². The molecule has 17 heavy (non-hydrogen) atoms. The Kier molecular flexibility index (Phi) is 3.48. The van der Waals surface area contributed by atoms with Crippen molar-refractivity contribution in [1.29, 1.82) is 0 Å². The maximum absolute atomic E-state index is 11.4. The fourth-order valence-electron chi connectivity index (χ4n) is 1.84. The van der Waals surface area contributed by atoms with Crippen LogP contribution in [-0.2, 0) is 9.84 Å². The van der Waals surface area contributed by atoms with Gasteiger partial charge in [0.2, 0.25) is 5.89 Å². The molecule has 2 heterocycles. The van der Waals surface area contributed by atoms with Crippen LogP contribution in [0.1, 0.15) is 42.6 Å². The van der Waals surface area contributed by atoms with Crippen molar-refractivity contribution in [3.8, 4) is 0 Å². The topological polar surface area (TPSA) is 85.1 Å². The van der Waals surface area contributed by atoms with Gasteiger partial charge in [0.1, 0.15) is 5.25 Å². The molecule has 1 atom stereocenters. The van der Waals surface area contributed by atoms with E-state index in [2.05, 4.69) is 15.5 Å². The molecule has 6 nitrogen and oxygen atoms in total. The van der Waals surface area contributed by atoms with Gasteiger partial charge in [0.15, 0.2) is 15.7 Å². The Labute approximate surface area is 101 Å². The molecular weight excluding hydrogens is 242 g/mol. The highest BCUT2D eigenvalue weighted by Crippen LogP contribution is 2.26. The highest BCUT2D eigenvalue weighted by atomic mass is 32.2. The number of rotatable bonds is 3. The third kappa shape index (κ3) is 2.84. The van der Waals surface area contributed by atoms with Crippen LogP contribution in [0.2, 0.25) is 0 Å². The van der Waals surface area contributed by atoms with Gasteiger partial charge < -0.3 is 9.84 Å². The number of hydrogen-bond donors (Lipinski definition) is 1. The standard InChI is InChI=1S/C10H17N3O3S/c1-7(17(2,14)15)9-12-10(16-13-9)8-3-5-11-6-4-8/h7-8,11H,3-6H2,1-2H3. The average molecular weight is 259 g/mol. The van der Waals surface area contributed by atoms with E-state index in [9.17, 15) is 8.42 Å². The number of aromatic nitrogens is 2. The maximum Gasteiger partial charge on any atom is 0.229 e. The van der Waals surface area contributed by atoms with Crippen molar-refractivity contribution in [1.82, 2.24) is 15.5 Å². The minimum atomic E-state index is -3.17. The van der Waals surface area contributed by atoms with Gasteiger partial charge in [-0.05, 0) is 32.9 Å². The SMILES string of the molecule is CC(c1noc(C2CCNCC2)n1)S(C)(=O)=O. The van der Waals surface area contributed by atoms with Crippen LogP contribution in [0.15, 0.2) is 4.52 Å². The van der Waals surface area contributed by atoms with E-state index in [1.165, 1.54) is 6.26 Å². The van der Waals surface area contributed by atoms with E-state index >= 15 is 0 Å². The van der Waals surface area contributed by atoms with Crippen molar-refractivity contribution in [2.24, 2.45) is 0 Å². The summed E-state index contributed by atoms with van der Waals surface area (Å²) in [7, 11) is -3.17. The molecule has 1 aliphatic heterocycles. The van der Waals surface area contributed by atoms with Gasteiger partial charge in [-0.2, -0.15) is 4.98 Å². The molecule has 1 saturated heterocycles. The molecule has 1 aliphatic rings. The largest absolute Gasteiger partial charge is 0.339 e. The van der Waals surface area contributed by atoms with Crippen LogP contribution in [-0.4, -0.2) is 37.9 Å². The molecule has 96 valence electrons. The van der Waals surface area contributed by atoms with Crippen molar-refractivity contribution in [2.45, 2.75) is 30.9 Å². The highest BCUT2D eigenvalue weighted by Gasteiger charge is 2.26. The van der Waals surface area contributed by atoms with Crippen LogP contribution in [0.3, 0.4) is 0 Å². The van der Waals surface area contributed by atoms with Gasteiger partial charge in [-0.3, -0.25) is 0 Å². The first-order valence-electron chi connectivity index (χ1n) is 5.71. The zero-order valence-corrected chi connectivity index (χ0v) is 10.8. The van der Waals surface area contributed by atoms with E-state index < -0.39 is 15.1 Å². The second kappa shape index (κ2) is 4.73. The number of piperidine rings is 1. The van der Waals surface area contributed by atoms with E-state index in [1.807, 2.05) is 0 Å². The first-order chi connectivity index (χ1) is 7.98. The van der Waals surface area contributed by atoms with Crippen LogP contribution in [0.4, 0.5) is 0 Å². The monoisotopic (exact) mass is 259 g/mol. The summed E-state index contributed by atoms with van der Waals surface area (Å²) in [5.41, 5.74) is 0. The summed E-state index contributed by atoms with van der Waals surface area (Å²) in [5, 5.41) is 6.32. The Hall–Kier alpha value is -0.950. The summed E-state index contributed by atoms with van der Waals surface area (Å²) in [4.78, 5) is 4.22. The molecule has 0 aromatic carbocycles. The number of hydrogen-bond acceptors (Lipinski definition) is 6. The molecule has 1 aromatic heterocycles. The lowest BCUT2D eigenvalue weighted by Crippen LogP contribution is -2.26. The van der Waals surface area contributed by atoms with Crippen LogP contribution in [0.25, 0.3) is 0 Å². The van der Waals surface area contributed by atoms with E-state index in [0.29, 0.717) is 5.89 Å². The third-order valence-corrected chi connectivity index (χ3v) is 4.65. The van der Waals surface area contributed by atoms with E-state index in [0.717, 1.165) is 25.9 Å². The zero-order chi connectivity index (χ0) is 12.5. The van der Waals surface area contributed by atoms with E-state index in [1.54, 1.807) is 6.92 Å². The zero-order valence-electron chi connectivity index (χ0n) is 10.0. The molecule has 0 bridgehead atoms. The fraction of sp³-hybridized carbons (Fsp3) is 0.800. The van der Waals surface area contributed by atoms with Gasteiger partial charge in [-0.1, -0.05) is 5.16 Å². The lowest BCUT2D eigenvalue weighted by atomic mass is 9.98. The lowest BCUT2D eigenvalue weighted by Gasteiger charge is -2.18. The van der Waals surface area contributed by atoms with Gasteiger partial charge in [-0.25, -0.2) is 8.42 Å². The van der Waals surface area contributed by atoms with Crippen LogP contribution < -0.4 is 5.32 Å². The lowest BCUT2D eigenvalue weighted by molar-refractivity contribution is 0.318. The van der Waals surface area contributed by atoms with Crippen molar-refractivity contribution >= 4 is 9.84 Å². The van der Waals surface area contributed by atoms with E-state index in [-0.39, 0.29) is 11.7 Å². The van der Waals surface area contributed by atoms with Crippen molar-refractivity contribution in [3.63, 3.8) is 0 Å². The Morgan fingerprint density at radius 3 is 2.65 bits per heavy atom. The second-order valence-corrected chi connectivity index (χ2v) is 6.85. The molecule has 1 aromatic rings. The summed E-state index contributed by atoms with van der Waals surface area (Å²) in [6.45, 7) is 3.44. The molecule has 0 saturated carbocycles. The molecule has 0 radical (unpaired) electrons. The molecule has 0 spiro atoms. The van der Waals surface area contributed by atoms with Crippen LogP contribution in [0.5, 0.6) is 0 Å². The minimum Gasteiger partial charge on any atom is -0.339 e. The van der Waals surface area contributed by atoms with Crippen molar-refractivity contribution < 1.29 is 12.9 Å². The maximum atomic E-state index is 11.4. The molecular formula is C10H17N3O3S. The fourth-order valence-corrected chi connectivity index (χ4v) is 2.32. The molecule has 1 fully saturated rings. The van der Waals surface area contributed by atoms with Crippen LogP contribution in [0, 0.1) is 0 Å². The first kappa shape index (κ1) is 12.5. The number of sulfone groups is 1. The Bertz CT molecular complexity index is 477. The highest BCUT2D eigenvalue weighted by molar-refractivity contribution is 7.90. The van der Waals surface area contributed by atoms with Gasteiger partial charge in [0.05, 0.1) is 0 Å². The Morgan fingerprint density at radius 1 is 1.41 bits per heavy atom. The van der Waals surface area contributed by atoms with Crippen molar-refractivity contribution in [2.75, 3.05) is 19.3 Å². The molecule has 1 unspecified atom stereocenters. The predicted molar refractivity (Wildman–Crippen MR) is 62.4 cm³/mol. The van der Waals surface area contributed by atoms with Gasteiger partial charge >= 0.3 is 0 Å². The average Bonchev–Trinajstić information content (AvgIpc) is 2.77. The number of nitrogens with zero attached hydrogens (tertiary/aromatic N) is 2.